The first kappa shape index (κ1) is 13.6. The van der Waals surface area contributed by atoms with Crippen molar-refractivity contribution in [2.24, 2.45) is 0 Å². The smallest absolute Gasteiger partial charge is 0.242 e. The van der Waals surface area contributed by atoms with Crippen LogP contribution in [0.5, 0.6) is 5.75 Å². The lowest BCUT2D eigenvalue weighted by atomic mass is 10.2. The minimum Gasteiger partial charge on any atom is -0.497 e. The molecule has 0 unspecified atom stereocenters. The molecule has 1 aromatic rings. The molecule has 5 nitrogen and oxygen atoms in total. The van der Waals surface area contributed by atoms with Gasteiger partial charge in [0.15, 0.2) is 0 Å². The number of allylic oxidation sites excluding steroid dienone is 2. The zero-order valence-electron chi connectivity index (χ0n) is 10.8. The van der Waals surface area contributed by atoms with Gasteiger partial charge in [-0.2, -0.15) is 0 Å². The summed E-state index contributed by atoms with van der Waals surface area (Å²) in [5.41, 5.74) is 0.592. The standard InChI is InChI=1S/C13H16N2O3S/c1-14-19(16,17)13-7-6-11(18-2)10-12(13)15-8-4-3-5-9-15/h3-8,10,14H,9H2,1-2H3. The molecule has 0 saturated heterocycles. The molecule has 0 amide bonds. The van der Waals surface area contributed by atoms with Gasteiger partial charge in [-0.25, -0.2) is 13.1 Å². The molecule has 0 fully saturated rings. The Balaban J connectivity index is 2.55. The Labute approximate surface area is 113 Å². The number of benzene rings is 1. The van der Waals surface area contributed by atoms with Crippen LogP contribution in [0.4, 0.5) is 5.69 Å². The predicted octanol–water partition coefficient (Wildman–Crippen LogP) is 1.49. The van der Waals surface area contributed by atoms with E-state index in [2.05, 4.69) is 4.72 Å². The second-order valence-corrected chi connectivity index (χ2v) is 5.82. The quantitative estimate of drug-likeness (QED) is 0.908. The molecule has 1 N–H and O–H groups in total. The number of rotatable bonds is 4. The average Bonchev–Trinajstić information content (AvgIpc) is 2.47. The van der Waals surface area contributed by atoms with Gasteiger partial charge in [-0.3, -0.25) is 0 Å². The van der Waals surface area contributed by atoms with Crippen LogP contribution in [0.1, 0.15) is 0 Å². The third-order valence-electron chi connectivity index (χ3n) is 2.85. The molecule has 1 aromatic carbocycles. The summed E-state index contributed by atoms with van der Waals surface area (Å²) in [7, 11) is -0.557. The Morgan fingerprint density at radius 1 is 1.32 bits per heavy atom. The van der Waals surface area contributed by atoms with Crippen molar-refractivity contribution in [1.82, 2.24) is 4.72 Å². The Morgan fingerprint density at radius 2 is 2.11 bits per heavy atom. The minimum atomic E-state index is -3.51. The predicted molar refractivity (Wildman–Crippen MR) is 74.9 cm³/mol. The molecule has 1 aliphatic rings. The molecular formula is C13H16N2O3S. The van der Waals surface area contributed by atoms with Crippen LogP contribution in [0, 0.1) is 0 Å². The van der Waals surface area contributed by atoms with Crippen LogP contribution in [0.3, 0.4) is 0 Å². The highest BCUT2D eigenvalue weighted by Crippen LogP contribution is 2.30. The Morgan fingerprint density at radius 3 is 2.68 bits per heavy atom. The van der Waals surface area contributed by atoms with E-state index in [-0.39, 0.29) is 4.90 Å². The Kier molecular flexibility index (Phi) is 3.92. The lowest BCUT2D eigenvalue weighted by Crippen LogP contribution is -2.24. The lowest BCUT2D eigenvalue weighted by Gasteiger charge is -2.23. The van der Waals surface area contributed by atoms with Crippen LogP contribution >= 0.6 is 0 Å². The van der Waals surface area contributed by atoms with Crippen molar-refractivity contribution in [2.75, 3.05) is 25.6 Å². The maximum absolute atomic E-state index is 12.0. The number of methoxy groups -OCH3 is 1. The van der Waals surface area contributed by atoms with Crippen molar-refractivity contribution in [1.29, 1.82) is 0 Å². The summed E-state index contributed by atoms with van der Waals surface area (Å²) in [6.45, 7) is 0.621. The van der Waals surface area contributed by atoms with Gasteiger partial charge in [0, 0.05) is 18.8 Å². The van der Waals surface area contributed by atoms with Gasteiger partial charge in [0.05, 0.1) is 12.8 Å². The van der Waals surface area contributed by atoms with Crippen LogP contribution in [0.15, 0.2) is 47.5 Å². The summed E-state index contributed by atoms with van der Waals surface area (Å²) in [5, 5.41) is 0. The van der Waals surface area contributed by atoms with E-state index in [0.29, 0.717) is 18.0 Å². The van der Waals surface area contributed by atoms with Crippen LogP contribution in [-0.2, 0) is 10.0 Å². The van der Waals surface area contributed by atoms with Gasteiger partial charge in [0.1, 0.15) is 10.6 Å². The molecule has 0 aromatic heterocycles. The molecule has 1 heterocycles. The molecule has 0 radical (unpaired) electrons. The number of nitrogens with one attached hydrogen (secondary N) is 1. The van der Waals surface area contributed by atoms with Gasteiger partial charge in [-0.1, -0.05) is 12.2 Å². The Bertz CT molecular complexity index is 621. The van der Waals surface area contributed by atoms with E-state index in [4.69, 9.17) is 4.74 Å². The van der Waals surface area contributed by atoms with E-state index >= 15 is 0 Å². The van der Waals surface area contributed by atoms with E-state index in [1.807, 2.05) is 29.3 Å². The zero-order valence-corrected chi connectivity index (χ0v) is 11.6. The molecule has 0 aliphatic carbocycles. The SMILES string of the molecule is CNS(=O)(=O)c1ccc(OC)cc1N1C=CC=CC1. The minimum absolute atomic E-state index is 0.232. The van der Waals surface area contributed by atoms with E-state index in [1.54, 1.807) is 25.3 Å². The summed E-state index contributed by atoms with van der Waals surface area (Å²) in [5.74, 6) is 0.619. The molecule has 2 rings (SSSR count). The average molecular weight is 280 g/mol. The van der Waals surface area contributed by atoms with Gasteiger partial charge >= 0.3 is 0 Å². The van der Waals surface area contributed by atoms with Crippen molar-refractivity contribution in [2.45, 2.75) is 4.90 Å². The lowest BCUT2D eigenvalue weighted by molar-refractivity contribution is 0.414. The fourth-order valence-corrected chi connectivity index (χ4v) is 2.75. The van der Waals surface area contributed by atoms with Crippen molar-refractivity contribution in [3.63, 3.8) is 0 Å². The topological polar surface area (TPSA) is 58.6 Å². The number of sulfonamides is 1. The van der Waals surface area contributed by atoms with Crippen LogP contribution in [-0.4, -0.2) is 29.1 Å². The fraction of sp³-hybridized carbons (Fsp3) is 0.231. The van der Waals surface area contributed by atoms with Crippen molar-refractivity contribution >= 4 is 15.7 Å². The van der Waals surface area contributed by atoms with E-state index in [1.165, 1.54) is 7.05 Å². The fourth-order valence-electron chi connectivity index (χ4n) is 1.83. The third-order valence-corrected chi connectivity index (χ3v) is 4.31. The van der Waals surface area contributed by atoms with Gasteiger partial charge in [-0.05, 0) is 25.3 Å². The first-order valence-electron chi connectivity index (χ1n) is 5.80. The summed E-state index contributed by atoms with van der Waals surface area (Å²) in [6.07, 6.45) is 7.57. The highest BCUT2D eigenvalue weighted by Gasteiger charge is 2.20. The summed E-state index contributed by atoms with van der Waals surface area (Å²) < 4.78 is 31.6. The van der Waals surface area contributed by atoms with Crippen LogP contribution < -0.4 is 14.4 Å². The van der Waals surface area contributed by atoms with Crippen LogP contribution in [0.25, 0.3) is 0 Å². The van der Waals surface area contributed by atoms with Gasteiger partial charge in [0.2, 0.25) is 10.0 Å². The molecule has 19 heavy (non-hydrogen) atoms. The van der Waals surface area contributed by atoms with E-state index < -0.39 is 10.0 Å². The molecule has 0 bridgehead atoms. The highest BCUT2D eigenvalue weighted by atomic mass is 32.2. The highest BCUT2D eigenvalue weighted by molar-refractivity contribution is 7.89. The summed E-state index contributed by atoms with van der Waals surface area (Å²) >= 11 is 0. The first-order valence-corrected chi connectivity index (χ1v) is 7.28. The molecule has 0 spiro atoms. The van der Waals surface area contributed by atoms with Gasteiger partial charge < -0.3 is 9.64 Å². The van der Waals surface area contributed by atoms with E-state index in [9.17, 15) is 8.42 Å². The summed E-state index contributed by atoms with van der Waals surface area (Å²) in [4.78, 5) is 2.09. The third kappa shape index (κ3) is 2.80. The maximum Gasteiger partial charge on any atom is 0.242 e. The molecule has 6 heteroatoms. The van der Waals surface area contributed by atoms with Gasteiger partial charge in [0.25, 0.3) is 0 Å². The maximum atomic E-state index is 12.0. The summed E-state index contributed by atoms with van der Waals surface area (Å²) in [6, 6.07) is 4.90. The van der Waals surface area contributed by atoms with Crippen molar-refractivity contribution < 1.29 is 13.2 Å². The molecule has 102 valence electrons. The number of hydrogen-bond acceptors (Lipinski definition) is 4. The number of hydrogen-bond donors (Lipinski definition) is 1. The molecule has 0 saturated carbocycles. The Hall–Kier alpha value is -1.79. The van der Waals surface area contributed by atoms with Crippen molar-refractivity contribution in [3.05, 3.63) is 42.6 Å². The van der Waals surface area contributed by atoms with Crippen LogP contribution in [0.2, 0.25) is 0 Å². The molecule has 0 atom stereocenters. The van der Waals surface area contributed by atoms with E-state index in [0.717, 1.165) is 0 Å². The molecule has 1 aliphatic heterocycles. The first-order chi connectivity index (χ1) is 9.08. The van der Waals surface area contributed by atoms with Crippen molar-refractivity contribution in [3.8, 4) is 5.75 Å². The monoisotopic (exact) mass is 280 g/mol. The second kappa shape index (κ2) is 5.46. The number of nitrogens with zero attached hydrogens (tertiary/aromatic N) is 1. The number of ether oxygens (including phenoxy) is 1. The second-order valence-electron chi connectivity index (χ2n) is 3.96. The normalized spacial score (nSPS) is 14.7. The zero-order chi connectivity index (χ0) is 13.9. The van der Waals surface area contributed by atoms with Gasteiger partial charge in [-0.15, -0.1) is 0 Å². The molecular weight excluding hydrogens is 264 g/mol. The largest absolute Gasteiger partial charge is 0.497 e. The number of anilines is 1.